The SMILES string of the molecule is CC(c1ccncc1)N1CCC(NC(=O)Nc2cccc(C(=O)NCc3cccs3)c2)CC1. The van der Waals surface area contributed by atoms with Gasteiger partial charge >= 0.3 is 6.03 Å². The van der Waals surface area contributed by atoms with Gasteiger partial charge in [-0.2, -0.15) is 0 Å². The molecule has 0 radical (unpaired) electrons. The van der Waals surface area contributed by atoms with E-state index >= 15 is 0 Å². The molecule has 3 amide bonds. The van der Waals surface area contributed by atoms with Crippen molar-refractivity contribution in [2.75, 3.05) is 18.4 Å². The van der Waals surface area contributed by atoms with Gasteiger partial charge < -0.3 is 16.0 Å². The molecule has 0 saturated carbocycles. The van der Waals surface area contributed by atoms with Crippen LogP contribution < -0.4 is 16.0 Å². The summed E-state index contributed by atoms with van der Waals surface area (Å²) in [4.78, 5) is 32.6. The maximum absolute atomic E-state index is 12.5. The zero-order chi connectivity index (χ0) is 23.0. The molecule has 8 heteroatoms. The lowest BCUT2D eigenvalue weighted by atomic mass is 10.0. The number of aromatic nitrogens is 1. The highest BCUT2D eigenvalue weighted by molar-refractivity contribution is 7.09. The number of rotatable bonds is 7. The number of hydrogen-bond donors (Lipinski definition) is 3. The van der Waals surface area contributed by atoms with E-state index in [1.54, 1.807) is 35.6 Å². The Labute approximate surface area is 198 Å². The largest absolute Gasteiger partial charge is 0.347 e. The second-order valence-corrected chi connectivity index (χ2v) is 9.24. The Morgan fingerprint density at radius 2 is 1.91 bits per heavy atom. The summed E-state index contributed by atoms with van der Waals surface area (Å²) >= 11 is 1.60. The molecule has 0 bridgehead atoms. The van der Waals surface area contributed by atoms with Gasteiger partial charge in [-0.05, 0) is 67.1 Å². The van der Waals surface area contributed by atoms with Crippen molar-refractivity contribution in [3.63, 3.8) is 0 Å². The molecule has 1 aliphatic rings. The average molecular weight is 464 g/mol. The fourth-order valence-corrected chi connectivity index (χ4v) is 4.70. The Kier molecular flexibility index (Phi) is 7.70. The van der Waals surface area contributed by atoms with Gasteiger partial charge in [0.25, 0.3) is 5.91 Å². The summed E-state index contributed by atoms with van der Waals surface area (Å²) in [6, 6.07) is 15.3. The van der Waals surface area contributed by atoms with Crippen LogP contribution in [0.5, 0.6) is 0 Å². The summed E-state index contributed by atoms with van der Waals surface area (Å²) in [5.41, 5.74) is 2.37. The first-order valence-electron chi connectivity index (χ1n) is 11.2. The molecule has 1 aliphatic heterocycles. The monoisotopic (exact) mass is 463 g/mol. The number of likely N-dealkylation sites (tertiary alicyclic amines) is 1. The molecule has 2 aromatic heterocycles. The Balaban J connectivity index is 1.24. The molecule has 1 unspecified atom stereocenters. The van der Waals surface area contributed by atoms with Crippen molar-refractivity contribution < 1.29 is 9.59 Å². The topological polar surface area (TPSA) is 86.4 Å². The Morgan fingerprint density at radius 1 is 1.12 bits per heavy atom. The summed E-state index contributed by atoms with van der Waals surface area (Å²) in [6.07, 6.45) is 5.45. The van der Waals surface area contributed by atoms with E-state index in [2.05, 4.69) is 44.9 Å². The Bertz CT molecular complexity index is 1050. The predicted octanol–water partition coefficient (Wildman–Crippen LogP) is 4.42. The van der Waals surface area contributed by atoms with Gasteiger partial charge in [0.15, 0.2) is 0 Å². The van der Waals surface area contributed by atoms with Crippen molar-refractivity contribution in [3.8, 4) is 0 Å². The van der Waals surface area contributed by atoms with Gasteiger partial charge in [-0.25, -0.2) is 4.79 Å². The van der Waals surface area contributed by atoms with E-state index in [0.717, 1.165) is 30.8 Å². The van der Waals surface area contributed by atoms with Crippen LogP contribution in [0.1, 0.15) is 46.6 Å². The van der Waals surface area contributed by atoms with Crippen LogP contribution in [-0.2, 0) is 6.54 Å². The Morgan fingerprint density at radius 3 is 2.64 bits per heavy atom. The second kappa shape index (κ2) is 11.1. The average Bonchev–Trinajstić information content (AvgIpc) is 3.37. The number of pyridine rings is 1. The van der Waals surface area contributed by atoms with Crippen molar-refractivity contribution in [3.05, 3.63) is 82.3 Å². The number of amides is 3. The molecule has 0 spiro atoms. The molecule has 1 atom stereocenters. The molecule has 4 rings (SSSR count). The molecular formula is C25H29N5O2S. The number of carbonyl (C=O) groups is 2. The first kappa shape index (κ1) is 22.9. The number of benzene rings is 1. The summed E-state index contributed by atoms with van der Waals surface area (Å²) < 4.78 is 0. The van der Waals surface area contributed by atoms with E-state index in [1.165, 1.54) is 5.56 Å². The summed E-state index contributed by atoms with van der Waals surface area (Å²) in [6.45, 7) is 4.55. The van der Waals surface area contributed by atoms with Gasteiger partial charge in [0, 0.05) is 53.7 Å². The second-order valence-electron chi connectivity index (χ2n) is 8.21. The number of nitrogens with zero attached hydrogens (tertiary/aromatic N) is 2. The smallest absolute Gasteiger partial charge is 0.319 e. The lowest BCUT2D eigenvalue weighted by molar-refractivity contribution is 0.0951. The van der Waals surface area contributed by atoms with Crippen LogP contribution in [0.4, 0.5) is 10.5 Å². The number of anilines is 1. The molecule has 1 aromatic carbocycles. The maximum Gasteiger partial charge on any atom is 0.319 e. The highest BCUT2D eigenvalue weighted by Crippen LogP contribution is 2.23. The fourth-order valence-electron chi connectivity index (χ4n) is 4.06. The van der Waals surface area contributed by atoms with Crippen LogP contribution >= 0.6 is 11.3 Å². The third-order valence-corrected chi connectivity index (χ3v) is 6.86. The van der Waals surface area contributed by atoms with Gasteiger partial charge in [0.2, 0.25) is 0 Å². The van der Waals surface area contributed by atoms with Crippen molar-refractivity contribution in [1.82, 2.24) is 20.5 Å². The molecule has 3 N–H and O–H groups in total. The van der Waals surface area contributed by atoms with Crippen LogP contribution in [0.2, 0.25) is 0 Å². The molecule has 3 heterocycles. The minimum atomic E-state index is -0.244. The summed E-state index contributed by atoms with van der Waals surface area (Å²) in [5.74, 6) is -0.164. The van der Waals surface area contributed by atoms with E-state index in [-0.39, 0.29) is 18.0 Å². The first-order valence-corrected chi connectivity index (χ1v) is 12.1. The van der Waals surface area contributed by atoms with Gasteiger partial charge in [-0.15, -0.1) is 11.3 Å². The van der Waals surface area contributed by atoms with Crippen molar-refractivity contribution in [1.29, 1.82) is 0 Å². The van der Waals surface area contributed by atoms with Gasteiger partial charge in [-0.3, -0.25) is 14.7 Å². The van der Waals surface area contributed by atoms with Crippen LogP contribution in [-0.4, -0.2) is 41.0 Å². The highest BCUT2D eigenvalue weighted by atomic mass is 32.1. The number of nitrogens with one attached hydrogen (secondary N) is 3. The molecule has 1 saturated heterocycles. The highest BCUT2D eigenvalue weighted by Gasteiger charge is 2.24. The molecule has 33 heavy (non-hydrogen) atoms. The molecule has 1 fully saturated rings. The minimum absolute atomic E-state index is 0.128. The first-order chi connectivity index (χ1) is 16.1. The van der Waals surface area contributed by atoms with Crippen molar-refractivity contribution >= 4 is 29.0 Å². The summed E-state index contributed by atoms with van der Waals surface area (Å²) in [7, 11) is 0. The van der Waals surface area contributed by atoms with Crippen LogP contribution in [0.15, 0.2) is 66.3 Å². The lowest BCUT2D eigenvalue weighted by Gasteiger charge is -2.36. The molecule has 7 nitrogen and oxygen atoms in total. The van der Waals surface area contributed by atoms with Crippen LogP contribution in [0, 0.1) is 0 Å². The number of piperidine rings is 1. The standard InChI is InChI=1S/C25H29N5O2S/c1-18(19-7-11-26-12-8-19)30-13-9-21(10-14-30)28-25(32)29-22-5-2-4-20(16-22)24(31)27-17-23-6-3-15-33-23/h2-8,11-12,15-16,18,21H,9-10,13-14,17H2,1H3,(H,27,31)(H2,28,29,32). The third kappa shape index (κ3) is 6.40. The lowest BCUT2D eigenvalue weighted by Crippen LogP contribution is -2.46. The normalized spacial score (nSPS) is 15.5. The van der Waals surface area contributed by atoms with Gasteiger partial charge in [0.1, 0.15) is 0 Å². The summed E-state index contributed by atoms with van der Waals surface area (Å²) in [5, 5.41) is 10.8. The Hall–Kier alpha value is -3.23. The molecule has 3 aromatic rings. The van der Waals surface area contributed by atoms with Gasteiger partial charge in [-0.1, -0.05) is 12.1 Å². The van der Waals surface area contributed by atoms with E-state index in [9.17, 15) is 9.59 Å². The zero-order valence-electron chi connectivity index (χ0n) is 18.7. The maximum atomic E-state index is 12.5. The van der Waals surface area contributed by atoms with E-state index in [0.29, 0.717) is 23.8 Å². The van der Waals surface area contributed by atoms with Crippen LogP contribution in [0.25, 0.3) is 0 Å². The minimum Gasteiger partial charge on any atom is -0.347 e. The molecule has 172 valence electrons. The quantitative estimate of drug-likeness (QED) is 0.484. The molecule has 0 aliphatic carbocycles. The fraction of sp³-hybridized carbons (Fsp3) is 0.320. The van der Waals surface area contributed by atoms with E-state index in [4.69, 9.17) is 0 Å². The third-order valence-electron chi connectivity index (χ3n) is 5.99. The van der Waals surface area contributed by atoms with Crippen LogP contribution in [0.3, 0.4) is 0 Å². The number of thiophene rings is 1. The van der Waals surface area contributed by atoms with E-state index in [1.807, 2.05) is 29.9 Å². The number of urea groups is 1. The predicted molar refractivity (Wildman–Crippen MR) is 131 cm³/mol. The van der Waals surface area contributed by atoms with Crippen molar-refractivity contribution in [2.24, 2.45) is 0 Å². The van der Waals surface area contributed by atoms with Crippen molar-refractivity contribution in [2.45, 2.75) is 38.4 Å². The number of carbonyl (C=O) groups excluding carboxylic acids is 2. The number of hydrogen-bond acceptors (Lipinski definition) is 5. The zero-order valence-corrected chi connectivity index (χ0v) is 19.5. The molecular weight excluding hydrogens is 434 g/mol. The van der Waals surface area contributed by atoms with Gasteiger partial charge in [0.05, 0.1) is 6.54 Å². The van der Waals surface area contributed by atoms with E-state index < -0.39 is 0 Å².